The maximum atomic E-state index is 11.6. The Hall–Kier alpha value is -2.14. The first kappa shape index (κ1) is 25.5. The third-order valence-corrected chi connectivity index (χ3v) is 8.10. The number of halogens is 1. The molecule has 0 amide bonds. The Morgan fingerprint density at radius 3 is 1.79 bits per heavy atom. The Bertz CT molecular complexity index is 1270. The van der Waals surface area contributed by atoms with E-state index in [4.69, 9.17) is 16.7 Å². The molecule has 0 radical (unpaired) electrons. The van der Waals surface area contributed by atoms with Gasteiger partial charge < -0.3 is 0 Å². The SMILES string of the molecule is Cc1cc(C(C)(C)c2ccc(C(C)C)cc2Cl)ccc1C(C)(C)c1ccc(S(N)(=O)=O)cc1. The first-order valence-electron chi connectivity index (χ1n) is 11.2. The summed E-state index contributed by atoms with van der Waals surface area (Å²) in [6, 6.07) is 19.8. The molecule has 0 aliphatic rings. The van der Waals surface area contributed by atoms with Gasteiger partial charge in [-0.15, -0.1) is 0 Å². The van der Waals surface area contributed by atoms with Crippen LogP contribution < -0.4 is 5.14 Å². The van der Waals surface area contributed by atoms with Crippen LogP contribution in [0.15, 0.2) is 65.6 Å². The second kappa shape index (κ2) is 8.90. The van der Waals surface area contributed by atoms with Gasteiger partial charge in [-0.1, -0.05) is 95.6 Å². The fourth-order valence-corrected chi connectivity index (χ4v) is 5.46. The molecule has 0 saturated carbocycles. The van der Waals surface area contributed by atoms with Gasteiger partial charge in [0.05, 0.1) is 4.90 Å². The first-order chi connectivity index (χ1) is 15.2. The van der Waals surface area contributed by atoms with Crippen molar-refractivity contribution in [1.29, 1.82) is 0 Å². The van der Waals surface area contributed by atoms with E-state index in [1.165, 1.54) is 22.3 Å². The minimum absolute atomic E-state index is 0.122. The van der Waals surface area contributed by atoms with Crippen molar-refractivity contribution in [2.45, 2.75) is 70.1 Å². The zero-order valence-corrected chi connectivity index (χ0v) is 22.1. The Labute approximate surface area is 204 Å². The van der Waals surface area contributed by atoms with Crippen molar-refractivity contribution in [3.05, 3.63) is 99.1 Å². The Morgan fingerprint density at radius 2 is 1.30 bits per heavy atom. The standard InChI is InChI=1S/C28H34ClNO2S/c1-18(2)20-8-14-25(26(29)17-20)28(6,7)22-11-15-24(19(3)16-22)27(4,5)21-9-12-23(13-10-21)33(30,31)32/h8-18H,1-7H3,(H2,30,31,32). The second-order valence-corrected chi connectivity index (χ2v) is 12.2. The largest absolute Gasteiger partial charge is 0.238 e. The molecule has 2 N–H and O–H groups in total. The Morgan fingerprint density at radius 1 is 0.788 bits per heavy atom. The number of hydrogen-bond donors (Lipinski definition) is 1. The number of aryl methyl sites for hydroxylation is 1. The lowest BCUT2D eigenvalue weighted by Crippen LogP contribution is -2.23. The molecule has 0 bridgehead atoms. The van der Waals surface area contributed by atoms with Crippen molar-refractivity contribution in [2.24, 2.45) is 5.14 Å². The van der Waals surface area contributed by atoms with E-state index in [-0.39, 0.29) is 15.7 Å². The molecule has 0 unspecified atom stereocenters. The van der Waals surface area contributed by atoms with E-state index >= 15 is 0 Å². The second-order valence-electron chi connectivity index (χ2n) is 10.2. The van der Waals surface area contributed by atoms with Crippen molar-refractivity contribution in [3.8, 4) is 0 Å². The molecule has 33 heavy (non-hydrogen) atoms. The zero-order chi connectivity index (χ0) is 24.8. The summed E-state index contributed by atoms with van der Waals surface area (Å²) in [7, 11) is -3.71. The highest BCUT2D eigenvalue weighted by molar-refractivity contribution is 7.89. The number of benzene rings is 3. The quantitative estimate of drug-likeness (QED) is 0.407. The third kappa shape index (κ3) is 5.03. The number of sulfonamides is 1. The van der Waals surface area contributed by atoms with E-state index in [1.54, 1.807) is 12.1 Å². The topological polar surface area (TPSA) is 60.2 Å². The van der Waals surface area contributed by atoms with Crippen LogP contribution in [-0.2, 0) is 20.9 Å². The Balaban J connectivity index is 1.99. The van der Waals surface area contributed by atoms with Crippen LogP contribution in [0.4, 0.5) is 0 Å². The molecular formula is C28H34ClNO2S. The van der Waals surface area contributed by atoms with Crippen LogP contribution in [0.3, 0.4) is 0 Å². The molecule has 5 heteroatoms. The van der Waals surface area contributed by atoms with E-state index in [2.05, 4.69) is 84.9 Å². The smallest absolute Gasteiger partial charge is 0.225 e. The van der Waals surface area contributed by atoms with Gasteiger partial charge in [0.2, 0.25) is 10.0 Å². The first-order valence-corrected chi connectivity index (χ1v) is 13.1. The Kier molecular flexibility index (Phi) is 6.87. The van der Waals surface area contributed by atoms with Crippen LogP contribution in [0.5, 0.6) is 0 Å². The monoisotopic (exact) mass is 483 g/mol. The van der Waals surface area contributed by atoms with Gasteiger partial charge in [0, 0.05) is 15.9 Å². The van der Waals surface area contributed by atoms with Gasteiger partial charge in [-0.05, 0) is 64.4 Å². The average molecular weight is 484 g/mol. The minimum atomic E-state index is -3.71. The van der Waals surface area contributed by atoms with E-state index < -0.39 is 10.0 Å². The summed E-state index contributed by atoms with van der Waals surface area (Å²) in [4.78, 5) is 0.122. The van der Waals surface area contributed by atoms with Gasteiger partial charge in [0.25, 0.3) is 0 Å². The summed E-state index contributed by atoms with van der Waals surface area (Å²) in [6.07, 6.45) is 0. The maximum absolute atomic E-state index is 11.6. The minimum Gasteiger partial charge on any atom is -0.225 e. The number of rotatable bonds is 6. The lowest BCUT2D eigenvalue weighted by Gasteiger charge is -2.32. The van der Waals surface area contributed by atoms with Crippen LogP contribution >= 0.6 is 11.6 Å². The molecule has 0 spiro atoms. The fourth-order valence-electron chi connectivity index (χ4n) is 4.52. The molecule has 3 rings (SSSR count). The summed E-state index contributed by atoms with van der Waals surface area (Å²) in [6.45, 7) is 15.2. The summed E-state index contributed by atoms with van der Waals surface area (Å²) in [5.74, 6) is 0.433. The molecular weight excluding hydrogens is 450 g/mol. The number of nitrogens with two attached hydrogens (primary N) is 1. The van der Waals surface area contributed by atoms with Crippen molar-refractivity contribution in [2.75, 3.05) is 0 Å². The van der Waals surface area contributed by atoms with Crippen LogP contribution in [-0.4, -0.2) is 8.42 Å². The van der Waals surface area contributed by atoms with Crippen molar-refractivity contribution in [3.63, 3.8) is 0 Å². The highest BCUT2D eigenvalue weighted by Crippen LogP contribution is 2.40. The highest BCUT2D eigenvalue weighted by atomic mass is 35.5. The third-order valence-electron chi connectivity index (χ3n) is 6.86. The molecule has 0 saturated heterocycles. The molecule has 0 heterocycles. The van der Waals surface area contributed by atoms with Gasteiger partial charge >= 0.3 is 0 Å². The highest BCUT2D eigenvalue weighted by Gasteiger charge is 2.29. The van der Waals surface area contributed by atoms with E-state index in [0.29, 0.717) is 5.92 Å². The molecule has 0 atom stereocenters. The molecule has 0 fully saturated rings. The number of primary sulfonamides is 1. The van der Waals surface area contributed by atoms with Gasteiger partial charge in [-0.2, -0.15) is 0 Å². The summed E-state index contributed by atoms with van der Waals surface area (Å²) >= 11 is 6.72. The van der Waals surface area contributed by atoms with Crippen LogP contribution in [0.25, 0.3) is 0 Å². The van der Waals surface area contributed by atoms with E-state index in [9.17, 15) is 8.42 Å². The fraction of sp³-hybridized carbons (Fsp3) is 0.357. The lowest BCUT2D eigenvalue weighted by molar-refractivity contribution is 0.597. The summed E-state index contributed by atoms with van der Waals surface area (Å²) in [5.41, 5.74) is 6.38. The number of hydrogen-bond acceptors (Lipinski definition) is 2. The van der Waals surface area contributed by atoms with Gasteiger partial charge in [-0.25, -0.2) is 13.6 Å². The lowest BCUT2D eigenvalue weighted by atomic mass is 9.73. The zero-order valence-electron chi connectivity index (χ0n) is 20.5. The molecule has 0 aliphatic carbocycles. The predicted molar refractivity (Wildman–Crippen MR) is 139 cm³/mol. The van der Waals surface area contributed by atoms with Crippen LogP contribution in [0.2, 0.25) is 5.02 Å². The van der Waals surface area contributed by atoms with Crippen molar-refractivity contribution < 1.29 is 8.42 Å². The van der Waals surface area contributed by atoms with Gasteiger partial charge in [0.15, 0.2) is 0 Å². The van der Waals surface area contributed by atoms with Crippen LogP contribution in [0.1, 0.15) is 80.8 Å². The molecule has 3 aromatic rings. The molecule has 3 nitrogen and oxygen atoms in total. The van der Waals surface area contributed by atoms with Crippen LogP contribution in [0, 0.1) is 6.92 Å². The predicted octanol–water partition coefficient (Wildman–Crippen LogP) is 7.07. The molecule has 0 aromatic heterocycles. The maximum Gasteiger partial charge on any atom is 0.238 e. The molecule has 176 valence electrons. The molecule has 0 aliphatic heterocycles. The average Bonchev–Trinajstić information content (AvgIpc) is 2.72. The van der Waals surface area contributed by atoms with Crippen molar-refractivity contribution >= 4 is 21.6 Å². The van der Waals surface area contributed by atoms with Gasteiger partial charge in [0.1, 0.15) is 0 Å². The van der Waals surface area contributed by atoms with Crippen molar-refractivity contribution in [1.82, 2.24) is 0 Å². The van der Waals surface area contributed by atoms with Gasteiger partial charge in [-0.3, -0.25) is 0 Å². The van der Waals surface area contributed by atoms with E-state index in [0.717, 1.165) is 16.1 Å². The molecule has 3 aromatic carbocycles. The normalized spacial score (nSPS) is 12.9. The van der Waals surface area contributed by atoms with E-state index in [1.807, 2.05) is 12.1 Å². The summed E-state index contributed by atoms with van der Waals surface area (Å²) < 4.78 is 23.2. The summed E-state index contributed by atoms with van der Waals surface area (Å²) in [5, 5.41) is 6.05.